The van der Waals surface area contributed by atoms with Gasteiger partial charge in [-0.25, -0.2) is 4.68 Å². The first-order valence-corrected chi connectivity index (χ1v) is 14.6. The van der Waals surface area contributed by atoms with Gasteiger partial charge in [-0.1, -0.05) is 30.8 Å². The molecule has 0 saturated carbocycles. The summed E-state index contributed by atoms with van der Waals surface area (Å²) in [6.45, 7) is 12.9. The van der Waals surface area contributed by atoms with Gasteiger partial charge >= 0.3 is 0 Å². The highest BCUT2D eigenvalue weighted by Crippen LogP contribution is 2.43. The fourth-order valence-corrected chi connectivity index (χ4v) is 5.62. The van der Waals surface area contributed by atoms with Crippen molar-refractivity contribution in [2.45, 2.75) is 59.2 Å². The molecule has 4 rings (SSSR count). The van der Waals surface area contributed by atoms with E-state index in [9.17, 15) is 4.79 Å². The minimum Gasteiger partial charge on any atom is -0.490 e. The van der Waals surface area contributed by atoms with Crippen LogP contribution < -0.4 is 20.1 Å². The number of hydrogen-bond acceptors (Lipinski definition) is 7. The van der Waals surface area contributed by atoms with Crippen molar-refractivity contribution in [2.24, 2.45) is 0 Å². The zero-order valence-electron chi connectivity index (χ0n) is 22.6. The highest BCUT2D eigenvalue weighted by Gasteiger charge is 2.35. The Morgan fingerprint density at radius 3 is 2.63 bits per heavy atom. The molecular formula is C28H34BrN5O3S. The summed E-state index contributed by atoms with van der Waals surface area (Å²) >= 11 is 5.27. The van der Waals surface area contributed by atoms with Gasteiger partial charge in [-0.05, 0) is 91.9 Å². The van der Waals surface area contributed by atoms with Crippen LogP contribution in [0.15, 0.2) is 51.2 Å². The molecule has 2 aromatic carbocycles. The number of aryl methyl sites for hydroxylation is 1. The van der Waals surface area contributed by atoms with E-state index in [1.165, 1.54) is 0 Å². The molecular weight excluding hydrogens is 566 g/mol. The van der Waals surface area contributed by atoms with Gasteiger partial charge in [-0.3, -0.25) is 4.79 Å². The number of rotatable bonds is 10. The molecule has 1 aliphatic rings. The maximum absolute atomic E-state index is 13.9. The number of nitrogens with one attached hydrogen (secondary N) is 2. The topological polar surface area (TPSA) is 90.3 Å². The van der Waals surface area contributed by atoms with Gasteiger partial charge in [0.1, 0.15) is 6.04 Å². The van der Waals surface area contributed by atoms with Gasteiger partial charge in [0.2, 0.25) is 11.1 Å². The lowest BCUT2D eigenvalue weighted by molar-refractivity contribution is -0.113. The number of halogens is 1. The van der Waals surface area contributed by atoms with Crippen molar-refractivity contribution in [1.82, 2.24) is 14.8 Å². The fraction of sp³-hybridized carbons (Fsp3) is 0.393. The molecule has 0 spiro atoms. The largest absolute Gasteiger partial charge is 0.490 e. The fourth-order valence-electron chi connectivity index (χ4n) is 4.36. The number of ether oxygens (including phenoxy) is 2. The number of nitrogens with zero attached hydrogens (tertiary/aromatic N) is 3. The number of allylic oxidation sites excluding steroid dienone is 1. The van der Waals surface area contributed by atoms with Crippen LogP contribution in [0.4, 0.5) is 11.6 Å². The summed E-state index contributed by atoms with van der Waals surface area (Å²) < 4.78 is 14.4. The molecule has 1 aliphatic heterocycles. The lowest BCUT2D eigenvalue weighted by Gasteiger charge is -2.29. The van der Waals surface area contributed by atoms with Gasteiger partial charge in [0.25, 0.3) is 5.91 Å². The molecule has 0 saturated heterocycles. The molecule has 3 aromatic rings. The second-order valence-corrected chi connectivity index (χ2v) is 10.9. The summed E-state index contributed by atoms with van der Waals surface area (Å²) in [7, 11) is 0. The van der Waals surface area contributed by atoms with Crippen LogP contribution in [0.3, 0.4) is 0 Å². The summed E-state index contributed by atoms with van der Waals surface area (Å²) in [4.78, 5) is 18.7. The Hall–Kier alpha value is -2.98. The molecule has 0 fully saturated rings. The first-order valence-electron chi connectivity index (χ1n) is 12.8. The standard InChI is InChI=1S/C28H34BrN5O3S/c1-7-13-38-28-32-27-30-18(6)23(26(35)31-21-12-10-11-16(4)17(21)5)24(34(27)33-28)19-14-20(29)25(37-9-3)22(15-19)36-8-2/h10-12,14-15,24H,7-9,13H2,1-6H3,(H,31,35)(H,30,32,33). The molecule has 1 atom stereocenters. The van der Waals surface area contributed by atoms with E-state index in [-0.39, 0.29) is 5.91 Å². The minimum atomic E-state index is -0.536. The van der Waals surface area contributed by atoms with Crippen molar-refractivity contribution >= 4 is 45.2 Å². The second kappa shape index (κ2) is 12.3. The third kappa shape index (κ3) is 5.71. The predicted octanol–water partition coefficient (Wildman–Crippen LogP) is 6.88. The molecule has 202 valence electrons. The van der Waals surface area contributed by atoms with Crippen molar-refractivity contribution in [1.29, 1.82) is 0 Å². The summed E-state index contributed by atoms with van der Waals surface area (Å²) in [6.07, 6.45) is 1.01. The number of fused-ring (bicyclic) bond motifs is 1. The number of hydrogen-bond donors (Lipinski definition) is 2. The van der Waals surface area contributed by atoms with E-state index in [1.54, 1.807) is 16.4 Å². The highest BCUT2D eigenvalue weighted by atomic mass is 79.9. The van der Waals surface area contributed by atoms with E-state index in [4.69, 9.17) is 19.6 Å². The Kier molecular flexibility index (Phi) is 9.04. The predicted molar refractivity (Wildman–Crippen MR) is 157 cm³/mol. The Morgan fingerprint density at radius 2 is 1.92 bits per heavy atom. The SMILES string of the molecule is CCCSc1nc2n(n1)C(c1cc(Br)c(OCC)c(OCC)c1)C(C(=O)Nc1cccc(C)c1C)=C(C)N2. The number of benzene rings is 2. The number of aromatic nitrogens is 3. The van der Waals surface area contributed by atoms with Gasteiger partial charge in [-0.15, -0.1) is 5.10 Å². The van der Waals surface area contributed by atoms with Crippen molar-refractivity contribution in [2.75, 3.05) is 29.6 Å². The van der Waals surface area contributed by atoms with Crippen LogP contribution >= 0.6 is 27.7 Å². The summed E-state index contributed by atoms with van der Waals surface area (Å²) in [6, 6.07) is 9.25. The molecule has 1 amide bonds. The second-order valence-electron chi connectivity index (χ2n) is 8.97. The molecule has 0 radical (unpaired) electrons. The highest BCUT2D eigenvalue weighted by molar-refractivity contribution is 9.10. The third-order valence-corrected chi connectivity index (χ3v) is 7.93. The van der Waals surface area contributed by atoms with Crippen molar-refractivity contribution in [3.63, 3.8) is 0 Å². The van der Waals surface area contributed by atoms with E-state index in [0.29, 0.717) is 47.1 Å². The first kappa shape index (κ1) is 28.0. The molecule has 1 aromatic heterocycles. The number of anilines is 2. The van der Waals surface area contributed by atoms with Crippen LogP contribution in [0.25, 0.3) is 0 Å². The molecule has 10 heteroatoms. The third-order valence-electron chi connectivity index (χ3n) is 6.30. The van der Waals surface area contributed by atoms with E-state index in [0.717, 1.165) is 39.0 Å². The molecule has 0 bridgehead atoms. The maximum atomic E-state index is 13.9. The van der Waals surface area contributed by atoms with Crippen LogP contribution in [0, 0.1) is 13.8 Å². The summed E-state index contributed by atoms with van der Waals surface area (Å²) in [5, 5.41) is 11.9. The van der Waals surface area contributed by atoms with Gasteiger partial charge in [-0.2, -0.15) is 4.98 Å². The van der Waals surface area contributed by atoms with Gasteiger partial charge < -0.3 is 20.1 Å². The van der Waals surface area contributed by atoms with Gasteiger partial charge in [0.05, 0.1) is 23.3 Å². The quantitative estimate of drug-likeness (QED) is 0.245. The van der Waals surface area contributed by atoms with Gasteiger partial charge in [0.15, 0.2) is 11.5 Å². The number of carbonyl (C=O) groups excluding carboxylic acids is 1. The van der Waals surface area contributed by atoms with Crippen LogP contribution in [-0.4, -0.2) is 39.6 Å². The molecule has 2 heterocycles. The van der Waals surface area contributed by atoms with Crippen LogP contribution in [0.2, 0.25) is 0 Å². The zero-order valence-corrected chi connectivity index (χ0v) is 25.0. The monoisotopic (exact) mass is 599 g/mol. The Labute approximate surface area is 236 Å². The van der Waals surface area contributed by atoms with E-state index in [2.05, 4.69) is 33.5 Å². The van der Waals surface area contributed by atoms with Crippen LogP contribution in [0.5, 0.6) is 11.5 Å². The van der Waals surface area contributed by atoms with E-state index in [1.807, 2.05) is 65.0 Å². The zero-order chi connectivity index (χ0) is 27.4. The van der Waals surface area contributed by atoms with E-state index >= 15 is 0 Å². The first-order chi connectivity index (χ1) is 18.3. The maximum Gasteiger partial charge on any atom is 0.255 e. The average Bonchev–Trinajstić information content (AvgIpc) is 3.28. The molecule has 38 heavy (non-hydrogen) atoms. The van der Waals surface area contributed by atoms with Crippen molar-refractivity contribution in [3.05, 3.63) is 62.8 Å². The summed E-state index contributed by atoms with van der Waals surface area (Å²) in [5.41, 5.74) is 5.01. The Morgan fingerprint density at radius 1 is 1.16 bits per heavy atom. The number of thioether (sulfide) groups is 1. The van der Waals surface area contributed by atoms with Crippen LogP contribution in [0.1, 0.15) is 56.8 Å². The molecule has 2 N–H and O–H groups in total. The molecule has 1 unspecified atom stereocenters. The molecule has 8 nitrogen and oxygen atoms in total. The smallest absolute Gasteiger partial charge is 0.255 e. The summed E-state index contributed by atoms with van der Waals surface area (Å²) in [5.74, 6) is 2.53. The normalized spacial score (nSPS) is 14.7. The van der Waals surface area contributed by atoms with Crippen LogP contribution in [-0.2, 0) is 4.79 Å². The minimum absolute atomic E-state index is 0.208. The van der Waals surface area contributed by atoms with Gasteiger partial charge in [0, 0.05) is 17.1 Å². The lowest BCUT2D eigenvalue weighted by atomic mass is 9.94. The number of carbonyl (C=O) groups is 1. The van der Waals surface area contributed by atoms with Crippen molar-refractivity contribution in [3.8, 4) is 11.5 Å². The Balaban J connectivity index is 1.85. The Bertz CT molecular complexity index is 1370. The van der Waals surface area contributed by atoms with Crippen molar-refractivity contribution < 1.29 is 14.3 Å². The molecule has 0 aliphatic carbocycles. The van der Waals surface area contributed by atoms with E-state index < -0.39 is 6.04 Å². The number of amides is 1. The average molecular weight is 601 g/mol. The lowest BCUT2D eigenvalue weighted by Crippen LogP contribution is -2.31.